The van der Waals surface area contributed by atoms with Gasteiger partial charge in [-0.1, -0.05) is 217 Å². The molecule has 9 rings (SSSR count). The van der Waals surface area contributed by atoms with Gasteiger partial charge in [0.1, 0.15) is 40.5 Å². The van der Waals surface area contributed by atoms with Crippen molar-refractivity contribution in [3.05, 3.63) is 30.2 Å². The minimum atomic E-state index is -3.78. The van der Waals surface area contributed by atoms with Crippen molar-refractivity contribution in [3.63, 3.8) is 0 Å². The highest BCUT2D eigenvalue weighted by atomic mass is 32.2. The van der Waals surface area contributed by atoms with Gasteiger partial charge in [-0.15, -0.1) is 30.3 Å². The van der Waals surface area contributed by atoms with Crippen molar-refractivity contribution in [3.8, 4) is 12.3 Å². The van der Waals surface area contributed by atoms with Crippen molar-refractivity contribution in [2.24, 2.45) is 108 Å². The lowest BCUT2D eigenvalue weighted by Crippen LogP contribution is -2.63. The Hall–Kier alpha value is -9.30. The molecule has 5 aliphatic carbocycles. The van der Waals surface area contributed by atoms with Gasteiger partial charge >= 0.3 is 18.1 Å². The van der Waals surface area contributed by atoms with Gasteiger partial charge in [0.05, 0.1) is 18.1 Å². The van der Waals surface area contributed by atoms with Gasteiger partial charge in [-0.05, 0) is 127 Å². The smallest absolute Gasteiger partial charge is 0.315 e. The minimum absolute atomic E-state index is 0.00950. The highest BCUT2D eigenvalue weighted by molar-refractivity contribution is 7.91. The van der Waals surface area contributed by atoms with Crippen LogP contribution in [0.2, 0.25) is 0 Å². The van der Waals surface area contributed by atoms with E-state index in [-0.39, 0.29) is 120 Å². The van der Waals surface area contributed by atoms with Crippen molar-refractivity contribution in [1.82, 2.24) is 89.4 Å². The SMILES string of the molecule is C#CCCC(NC(=O)[C@@H]1[C@@H]2[C@H](CN1C(=O)[C@@H](NC(=O)N[C@H](CN(C)S(=O)(=O)N(C)C)C(C)(C)C)C(C)(C)C)C2(C)C)C(=O)C(=O)NCC=C.CCN(C[C@@H](NC(=O)N[C@H](C(=O)N1C[C@H]2[C@@H]([C@H]1C(=O)NC(CC1CCC1)C(=O)C(N)=O)C2(C)C)C(C)(C)C)C(C)(C)C)S(=O)(=O)c1cccs1.CN(C)S(=O)(=O)N(C)C[C@@H](NC(=O)N[C@H](C(=O)N1C[C@H]2[C@@H]([C@H]1C(=O)NC(CC1CC1)C(=O)C(N)=O)C2(C)C)C(C)(C)C)C(C)(C)C. The predicted octanol–water partition coefficient (Wildman–Crippen LogP) is 4.88. The number of hydrogen-bond acceptors (Lipinski definition) is 22. The molecule has 1 aromatic rings. The summed E-state index contributed by atoms with van der Waals surface area (Å²) in [7, 11) is -2.71. The number of piperidine rings is 3. The maximum atomic E-state index is 14.4. The number of rotatable bonds is 42. The van der Waals surface area contributed by atoms with Gasteiger partial charge in [0.2, 0.25) is 52.8 Å². The van der Waals surface area contributed by atoms with E-state index in [1.807, 2.05) is 145 Å². The molecule has 5 saturated carbocycles. The summed E-state index contributed by atoms with van der Waals surface area (Å²) in [6.45, 7) is 51.8. The van der Waals surface area contributed by atoms with Gasteiger partial charge in [-0.2, -0.15) is 38.4 Å². The maximum absolute atomic E-state index is 14.4. The second-order valence-electron chi connectivity index (χ2n) is 49.2. The van der Waals surface area contributed by atoms with Crippen LogP contribution < -0.4 is 64.6 Å². The third-order valence-corrected chi connectivity index (χ3v) is 37.6. The number of thiophene rings is 1. The topological polar surface area (TPSA) is 557 Å². The number of carbonyl (C=O) groups is 15. The van der Waals surface area contributed by atoms with Gasteiger partial charge in [-0.25, -0.2) is 22.8 Å². The molecule has 0 aromatic carbocycles. The lowest BCUT2D eigenvalue weighted by atomic mass is 9.80. The number of nitrogens with zero attached hydrogens (tertiary/aromatic N) is 8. The molecule has 3 unspecified atom stereocenters. The van der Waals surface area contributed by atoms with Gasteiger partial charge in [-0.3, -0.25) is 57.5 Å². The molecule has 3 aliphatic heterocycles. The van der Waals surface area contributed by atoms with E-state index in [0.717, 1.165) is 60.7 Å². The second-order valence-corrected chi connectivity index (χ2v) is 56.8. The number of likely N-dealkylation sites (N-methyl/N-ethyl adjacent to an activating group) is 3. The number of carbonyl (C=O) groups excluding carboxylic acids is 15. The Balaban J connectivity index is 0.000000295. The molecule has 41 nitrogen and oxygen atoms in total. The molecule has 1 aromatic heterocycles. The van der Waals surface area contributed by atoms with Crippen LogP contribution in [0, 0.1) is 108 Å². The van der Waals surface area contributed by atoms with E-state index in [1.54, 1.807) is 45.2 Å². The molecule has 8 fully saturated rings. The zero-order valence-corrected chi connectivity index (χ0v) is 94.4. The summed E-state index contributed by atoms with van der Waals surface area (Å²) >= 11 is 1.13. The summed E-state index contributed by atoms with van der Waals surface area (Å²) in [5, 5.41) is 29.6. The molecule has 18 atom stereocenters. The van der Waals surface area contributed by atoms with Crippen LogP contribution in [-0.2, 0) is 88.0 Å². The molecule has 14 N–H and O–H groups in total. The molecule has 145 heavy (non-hydrogen) atoms. The summed E-state index contributed by atoms with van der Waals surface area (Å²) in [6.07, 6.45) is 12.3. The summed E-state index contributed by atoms with van der Waals surface area (Å²) in [4.78, 5) is 205. The third-order valence-electron chi connectivity index (χ3n) is 30.6. The molecule has 8 aliphatic rings. The molecular formula is C100H168N20O21S4. The van der Waals surface area contributed by atoms with Crippen molar-refractivity contribution >= 4 is 130 Å². The Bertz CT molecular complexity index is 5360. The highest BCUT2D eigenvalue weighted by Crippen LogP contribution is 2.67. The van der Waals surface area contributed by atoms with Crippen molar-refractivity contribution in [1.29, 1.82) is 0 Å². The number of hydrogen-bond donors (Lipinski definition) is 12. The summed E-state index contributed by atoms with van der Waals surface area (Å²) in [6, 6.07) is -9.82. The Morgan fingerprint density at radius 2 is 0.793 bits per heavy atom. The number of urea groups is 3. The summed E-state index contributed by atoms with van der Waals surface area (Å²) in [5.41, 5.74) is 5.96. The number of amides is 15. The van der Waals surface area contributed by atoms with Crippen LogP contribution in [-0.4, -0.2) is 317 Å². The third kappa shape index (κ3) is 29.7. The van der Waals surface area contributed by atoms with Crippen LogP contribution in [0.1, 0.15) is 231 Å². The van der Waals surface area contributed by atoms with Crippen molar-refractivity contribution in [2.45, 2.75) is 308 Å². The molecule has 0 spiro atoms. The average Bonchev–Trinajstić information content (AvgIpc) is 1.53. The minimum Gasteiger partial charge on any atom is -0.363 e. The first-order chi connectivity index (χ1) is 66.2. The normalized spacial score (nSPS) is 23.3. The van der Waals surface area contributed by atoms with E-state index >= 15 is 0 Å². The van der Waals surface area contributed by atoms with E-state index in [2.05, 4.69) is 65.7 Å². The van der Waals surface area contributed by atoms with Crippen LogP contribution in [0.25, 0.3) is 0 Å². The second kappa shape index (κ2) is 46.4. The lowest BCUT2D eigenvalue weighted by molar-refractivity contribution is -0.145. The van der Waals surface area contributed by atoms with Gasteiger partial charge < -0.3 is 79.3 Å². The van der Waals surface area contributed by atoms with Crippen molar-refractivity contribution < 1.29 is 97.2 Å². The van der Waals surface area contributed by atoms with Crippen LogP contribution in [0.15, 0.2) is 34.4 Å². The van der Waals surface area contributed by atoms with Crippen molar-refractivity contribution in [2.75, 3.05) is 94.6 Å². The first kappa shape index (κ1) is 123. The fourth-order valence-electron chi connectivity index (χ4n) is 20.1. The number of sulfonamides is 1. The quantitative estimate of drug-likeness (QED) is 0.0236. The molecule has 4 heterocycles. The van der Waals surface area contributed by atoms with E-state index in [0.29, 0.717) is 25.9 Å². The maximum Gasteiger partial charge on any atom is 0.315 e. The monoisotopic (exact) mass is 2110 g/mol. The molecular weight excluding hydrogens is 1950 g/mol. The fraction of sp³-hybridized carbons (Fsp3) is 0.770. The number of Topliss-reactive ketones (excluding diaryl/α,β-unsaturated/α-hetero) is 3. The number of fused-ring (bicyclic) bond motifs is 3. The molecule has 0 radical (unpaired) electrons. The summed E-state index contributed by atoms with van der Waals surface area (Å²) < 4.78 is 83.6. The van der Waals surface area contributed by atoms with Crippen LogP contribution >= 0.6 is 11.3 Å². The molecule has 0 bridgehead atoms. The van der Waals surface area contributed by atoms with Gasteiger partial charge in [0.15, 0.2) is 0 Å². The summed E-state index contributed by atoms with van der Waals surface area (Å²) in [5.74, 6) is -6.15. The first-order valence-corrected chi connectivity index (χ1v) is 55.2. The highest BCUT2D eigenvalue weighted by Gasteiger charge is 2.73. The molecule has 45 heteroatoms. The first-order valence-electron chi connectivity index (χ1n) is 50.0. The lowest BCUT2D eigenvalue weighted by Gasteiger charge is -2.39. The number of nitrogens with one attached hydrogen (secondary N) is 10. The molecule has 15 amide bonds. The number of ketones is 3. The van der Waals surface area contributed by atoms with Crippen LogP contribution in [0.3, 0.4) is 0 Å². The largest absolute Gasteiger partial charge is 0.363 e. The average molecular weight is 2110 g/mol. The van der Waals surface area contributed by atoms with Gasteiger partial charge in [0, 0.05) is 119 Å². The number of terminal acetylenes is 1. The zero-order valence-electron chi connectivity index (χ0n) is 91.1. The van der Waals surface area contributed by atoms with E-state index in [4.69, 9.17) is 17.9 Å². The fourth-order valence-corrected chi connectivity index (χ4v) is 24.5. The zero-order chi connectivity index (χ0) is 111. The Labute approximate surface area is 864 Å². The van der Waals surface area contributed by atoms with Crippen LogP contribution in [0.5, 0.6) is 0 Å². The van der Waals surface area contributed by atoms with E-state index < -0.39 is 224 Å². The van der Waals surface area contributed by atoms with Crippen LogP contribution in [0.4, 0.5) is 14.4 Å². The van der Waals surface area contributed by atoms with E-state index in [1.165, 1.54) is 67.4 Å². The number of primary amides is 2. The number of likely N-dealkylation sites (tertiary alicyclic amines) is 3. The Morgan fingerprint density at radius 3 is 1.05 bits per heavy atom. The molecule has 818 valence electrons. The molecule has 3 saturated heterocycles. The Kier molecular flexibility index (Phi) is 39.3. The predicted molar refractivity (Wildman–Crippen MR) is 552 cm³/mol. The number of nitrogens with two attached hydrogens (primary N) is 2. The Morgan fingerprint density at radius 1 is 0.476 bits per heavy atom. The standard InChI is InChI=1S/C35H56N6O7S2.C34H57N7O7S.C31H55N7O7S/c1-10-40(50(47,48)24-15-12-16-49-24)19-23(33(2,3)4)38-32(46)39-28(34(5,6)7)31(45)41-18-21-25(35(21,8)9)26(41)30(44)37-22(27(42)29(36)43)17-20-13-11-14-20;1-14-16-17-22(26(42)29(44)35-18-15-2)36-28(43)25-24-21(34(24,9)10)19-41(25)30(45)27(33(6,7)8)38-31(46)37-23(32(3,4)5)20-40(13)49(47,48)39(11)12;1-29(2,3)20(16-37(11)46(44,45)36(9)10)34-28(43)35-24(30(4,5)6)27(42)38-15-18-21(31(18,7)8)22(38)26(41)33-19(14-17-12-13-17)23(39)25(32)40/h12,15-16,20-23,25-26,28H,10-11,13-14,17-19H2,1-9H3,(H2,36,43)(H,37,44)(H2,38,39,46);1,15,21-25,27H,2,16-20H2,3-13H3,(H,35,44)(H,36,43)(H2,37,38,46);17-22,24H,12-16H2,1-11H3,(H2,32,40)(H,33,41)(H2,34,35,43)/t21-,22?,23+,25-,26-,28+;21-,22?,23+,24-,25-,27+;18-,19?,20+,21-,22-,24+/m000/s1. The van der Waals surface area contributed by atoms with E-state index in [9.17, 15) is 97.2 Å². The van der Waals surface area contributed by atoms with Gasteiger partial charge in [0.25, 0.3) is 48.2 Å².